The van der Waals surface area contributed by atoms with Gasteiger partial charge in [-0.15, -0.1) is 0 Å². The second-order valence-electron chi connectivity index (χ2n) is 4.20. The lowest BCUT2D eigenvalue weighted by molar-refractivity contribution is -0.163. The minimum absolute atomic E-state index is 0.0504. The fourth-order valence-corrected chi connectivity index (χ4v) is 1.83. The molecule has 7 nitrogen and oxygen atoms in total. The van der Waals surface area contributed by atoms with Gasteiger partial charge in [-0.05, 0) is 5.56 Å². The van der Waals surface area contributed by atoms with Crippen LogP contribution in [0, 0.1) is 5.92 Å². The molecule has 0 amide bonds. The van der Waals surface area contributed by atoms with Gasteiger partial charge in [0.05, 0.1) is 0 Å². The van der Waals surface area contributed by atoms with E-state index in [1.807, 2.05) is 6.07 Å². The predicted octanol–water partition coefficient (Wildman–Crippen LogP) is -0.0969. The number of hydrogen-bond donors (Lipinski definition) is 2. The lowest BCUT2D eigenvalue weighted by Crippen LogP contribution is -2.45. The maximum absolute atomic E-state index is 11.8. The highest BCUT2D eigenvalue weighted by Gasteiger charge is 2.44. The Morgan fingerprint density at radius 3 is 2.65 bits per heavy atom. The number of benzene rings is 1. The molecule has 1 aromatic rings. The van der Waals surface area contributed by atoms with Crippen molar-refractivity contribution >= 4 is 17.9 Å². The minimum atomic E-state index is -1.62. The number of aliphatic carboxylic acids is 1. The third kappa shape index (κ3) is 3.12. The number of ether oxygens (including phenoxy) is 2. The van der Waals surface area contributed by atoms with E-state index in [1.165, 1.54) is 0 Å². The lowest BCUT2D eigenvalue weighted by atomic mass is 10.0. The number of carbonyl (C=O) groups is 3. The summed E-state index contributed by atoms with van der Waals surface area (Å²) >= 11 is 0. The number of cyclic esters (lactones) is 1. The number of carboxylic acids is 1. The molecule has 1 fully saturated rings. The van der Waals surface area contributed by atoms with Gasteiger partial charge in [0.25, 0.3) is 0 Å². The fourth-order valence-electron chi connectivity index (χ4n) is 1.83. The van der Waals surface area contributed by atoms with Gasteiger partial charge in [-0.25, -0.2) is 0 Å². The highest BCUT2D eigenvalue weighted by Crippen LogP contribution is 2.14. The Morgan fingerprint density at radius 2 is 2.10 bits per heavy atom. The van der Waals surface area contributed by atoms with Crippen molar-refractivity contribution < 1.29 is 29.0 Å². The second kappa shape index (κ2) is 6.16. The summed E-state index contributed by atoms with van der Waals surface area (Å²) in [5.74, 6) is -4.79. The summed E-state index contributed by atoms with van der Waals surface area (Å²) in [5.41, 5.74) is 0.729. The van der Waals surface area contributed by atoms with Crippen LogP contribution in [-0.4, -0.2) is 35.8 Å². The van der Waals surface area contributed by atoms with Crippen molar-refractivity contribution in [3.05, 3.63) is 35.9 Å². The van der Waals surface area contributed by atoms with E-state index in [-0.39, 0.29) is 13.3 Å². The zero-order valence-corrected chi connectivity index (χ0v) is 10.4. The Labute approximate surface area is 114 Å². The zero-order chi connectivity index (χ0) is 14.5. The molecule has 1 aliphatic rings. The van der Waals surface area contributed by atoms with Crippen LogP contribution < -0.4 is 5.32 Å². The Balaban J connectivity index is 2.01. The van der Waals surface area contributed by atoms with Crippen molar-refractivity contribution in [3.8, 4) is 0 Å². The molecule has 1 aliphatic heterocycles. The smallest absolute Gasteiger partial charge is 0.326 e. The third-order valence-corrected chi connectivity index (χ3v) is 2.85. The first-order valence-electron chi connectivity index (χ1n) is 5.93. The Morgan fingerprint density at radius 1 is 1.40 bits per heavy atom. The number of carboxylic acid groups (broad SMARTS) is 1. The first-order chi connectivity index (χ1) is 9.59. The molecule has 0 saturated carbocycles. The topological polar surface area (TPSA) is 102 Å². The van der Waals surface area contributed by atoms with Crippen LogP contribution in [0.15, 0.2) is 30.3 Å². The minimum Gasteiger partial charge on any atom is -0.481 e. The molecule has 7 heteroatoms. The van der Waals surface area contributed by atoms with Gasteiger partial charge >= 0.3 is 17.9 Å². The van der Waals surface area contributed by atoms with Crippen molar-refractivity contribution in [1.82, 2.24) is 5.32 Å². The quantitative estimate of drug-likeness (QED) is 0.573. The maximum Gasteiger partial charge on any atom is 0.326 e. The average Bonchev–Trinajstić information content (AvgIpc) is 2.84. The fraction of sp³-hybridized carbons (Fsp3) is 0.308. The van der Waals surface area contributed by atoms with Gasteiger partial charge in [0.2, 0.25) is 0 Å². The van der Waals surface area contributed by atoms with Crippen molar-refractivity contribution in [3.63, 3.8) is 0 Å². The molecule has 1 saturated heterocycles. The Hall–Kier alpha value is -2.41. The van der Waals surface area contributed by atoms with E-state index in [0.29, 0.717) is 0 Å². The van der Waals surface area contributed by atoms with Gasteiger partial charge in [-0.3, -0.25) is 19.7 Å². The van der Waals surface area contributed by atoms with Crippen molar-refractivity contribution in [1.29, 1.82) is 0 Å². The summed E-state index contributed by atoms with van der Waals surface area (Å²) in [7, 11) is 0. The van der Waals surface area contributed by atoms with E-state index in [0.717, 1.165) is 5.56 Å². The van der Waals surface area contributed by atoms with Crippen molar-refractivity contribution in [2.45, 2.75) is 12.6 Å². The van der Waals surface area contributed by atoms with Crippen molar-refractivity contribution in [2.24, 2.45) is 5.92 Å². The number of rotatable bonds is 5. The first-order valence-corrected chi connectivity index (χ1v) is 5.93. The average molecular weight is 279 g/mol. The van der Waals surface area contributed by atoms with Crippen LogP contribution in [0.4, 0.5) is 0 Å². The standard InChI is InChI=1S/C13H13NO6/c15-11(16)9(10-13(18)20-7-14-10)12(17)19-6-8-4-2-1-3-5-8/h1-5,9-10,14H,6-7H2,(H,15,16). The molecule has 1 aromatic carbocycles. The van der Waals surface area contributed by atoms with Gasteiger partial charge in [0.15, 0.2) is 5.92 Å². The van der Waals surface area contributed by atoms with Crippen LogP contribution in [0.2, 0.25) is 0 Å². The number of hydrogen-bond acceptors (Lipinski definition) is 6. The summed E-state index contributed by atoms with van der Waals surface area (Å²) in [6.45, 7) is -0.162. The van der Waals surface area contributed by atoms with Gasteiger partial charge in [0.1, 0.15) is 19.4 Å². The number of nitrogens with one attached hydrogen (secondary N) is 1. The monoisotopic (exact) mass is 279 g/mol. The summed E-state index contributed by atoms with van der Waals surface area (Å²) in [5, 5.41) is 11.6. The normalized spacial score (nSPS) is 19.2. The van der Waals surface area contributed by atoms with Gasteiger partial charge in [0, 0.05) is 0 Å². The van der Waals surface area contributed by atoms with E-state index in [9.17, 15) is 14.4 Å². The molecule has 2 rings (SSSR count). The van der Waals surface area contributed by atoms with Gasteiger partial charge in [-0.1, -0.05) is 30.3 Å². The van der Waals surface area contributed by atoms with E-state index in [1.54, 1.807) is 24.3 Å². The lowest BCUT2D eigenvalue weighted by Gasteiger charge is -2.15. The first kappa shape index (κ1) is 14.0. The van der Waals surface area contributed by atoms with Crippen LogP contribution in [0.5, 0.6) is 0 Å². The van der Waals surface area contributed by atoms with E-state index < -0.39 is 29.9 Å². The van der Waals surface area contributed by atoms with Crippen LogP contribution in [-0.2, 0) is 30.5 Å². The molecule has 0 radical (unpaired) electrons. The zero-order valence-electron chi connectivity index (χ0n) is 10.4. The number of carbonyl (C=O) groups excluding carboxylic acids is 2. The largest absolute Gasteiger partial charge is 0.481 e. The van der Waals surface area contributed by atoms with E-state index in [2.05, 4.69) is 10.1 Å². The summed E-state index contributed by atoms with van der Waals surface area (Å²) < 4.78 is 9.53. The SMILES string of the molecule is O=C1OCNC1C(C(=O)O)C(=O)OCc1ccccc1. The summed E-state index contributed by atoms with van der Waals surface area (Å²) in [6, 6.07) is 7.62. The molecule has 1 heterocycles. The Kier molecular flexibility index (Phi) is 4.31. The van der Waals surface area contributed by atoms with Gasteiger partial charge < -0.3 is 14.6 Å². The van der Waals surface area contributed by atoms with Crippen molar-refractivity contribution in [2.75, 3.05) is 6.73 Å². The molecular weight excluding hydrogens is 266 g/mol. The number of esters is 2. The summed E-state index contributed by atoms with van der Waals surface area (Å²) in [4.78, 5) is 34.3. The molecule has 2 unspecified atom stereocenters. The molecule has 2 N–H and O–H groups in total. The maximum atomic E-state index is 11.8. The van der Waals surface area contributed by atoms with Gasteiger partial charge in [-0.2, -0.15) is 0 Å². The van der Waals surface area contributed by atoms with E-state index in [4.69, 9.17) is 9.84 Å². The summed E-state index contributed by atoms with van der Waals surface area (Å²) in [6.07, 6.45) is 0. The highest BCUT2D eigenvalue weighted by atomic mass is 16.6. The molecule has 106 valence electrons. The second-order valence-corrected chi connectivity index (χ2v) is 4.20. The molecule has 20 heavy (non-hydrogen) atoms. The molecule has 2 atom stereocenters. The molecule has 0 aliphatic carbocycles. The van der Waals surface area contributed by atoms with E-state index >= 15 is 0 Å². The Bertz CT molecular complexity index is 515. The van der Waals surface area contributed by atoms with Crippen LogP contribution in [0.3, 0.4) is 0 Å². The van der Waals surface area contributed by atoms with Crippen LogP contribution >= 0.6 is 0 Å². The van der Waals surface area contributed by atoms with Crippen LogP contribution in [0.25, 0.3) is 0 Å². The molecular formula is C13H13NO6. The van der Waals surface area contributed by atoms with Crippen LogP contribution in [0.1, 0.15) is 5.56 Å². The molecule has 0 bridgehead atoms. The highest BCUT2D eigenvalue weighted by molar-refractivity contribution is 6.00. The third-order valence-electron chi connectivity index (χ3n) is 2.85. The predicted molar refractivity (Wildman–Crippen MR) is 65.2 cm³/mol. The molecule has 0 aromatic heterocycles. The molecule has 0 spiro atoms.